The Kier molecular flexibility index (Phi) is 2.25. The molecule has 2 rings (SSSR count). The fourth-order valence-electron chi connectivity index (χ4n) is 1.94. The minimum absolute atomic E-state index is 0.0312. The number of benzene rings is 1. The Morgan fingerprint density at radius 3 is 2.50 bits per heavy atom. The van der Waals surface area contributed by atoms with Crippen LogP contribution in [0.4, 0.5) is 5.69 Å². The molecule has 3 nitrogen and oxygen atoms in total. The first-order valence-corrected chi connectivity index (χ1v) is 4.84. The first-order valence-electron chi connectivity index (χ1n) is 4.84. The summed E-state index contributed by atoms with van der Waals surface area (Å²) in [6.07, 6.45) is 0.744. The van der Waals surface area contributed by atoms with Crippen LogP contribution in [0, 0.1) is 0 Å². The second-order valence-corrected chi connectivity index (χ2v) is 3.74. The smallest absolute Gasteiger partial charge is 0.244 e. The van der Waals surface area contributed by atoms with Gasteiger partial charge in [0.25, 0.3) is 0 Å². The molecule has 14 heavy (non-hydrogen) atoms. The Morgan fingerprint density at radius 1 is 1.36 bits per heavy atom. The van der Waals surface area contributed by atoms with Crippen molar-refractivity contribution in [3.05, 3.63) is 30.3 Å². The predicted octanol–water partition coefficient (Wildman–Crippen LogP) is 1.14. The van der Waals surface area contributed by atoms with Crippen LogP contribution < -0.4 is 10.6 Å². The van der Waals surface area contributed by atoms with E-state index in [4.69, 9.17) is 5.73 Å². The maximum atomic E-state index is 11.7. The lowest BCUT2D eigenvalue weighted by Gasteiger charge is -2.21. The molecule has 1 aliphatic rings. The van der Waals surface area contributed by atoms with E-state index in [2.05, 4.69) is 0 Å². The normalized spacial score (nSPS) is 27.0. The second kappa shape index (κ2) is 3.42. The number of carbonyl (C=O) groups excluding carboxylic acids is 1. The number of carbonyl (C=O) groups is 1. The largest absolute Gasteiger partial charge is 0.320 e. The molecule has 0 saturated carbocycles. The molecular weight excluding hydrogens is 176 g/mol. The number of hydrogen-bond acceptors (Lipinski definition) is 2. The minimum Gasteiger partial charge on any atom is -0.320 e. The van der Waals surface area contributed by atoms with E-state index in [1.165, 1.54) is 0 Å². The number of hydrogen-bond donors (Lipinski definition) is 1. The van der Waals surface area contributed by atoms with Gasteiger partial charge in [-0.05, 0) is 25.5 Å². The van der Waals surface area contributed by atoms with Gasteiger partial charge in [0.15, 0.2) is 0 Å². The van der Waals surface area contributed by atoms with Crippen LogP contribution in [0.2, 0.25) is 0 Å². The van der Waals surface area contributed by atoms with Crippen LogP contribution in [-0.2, 0) is 4.79 Å². The topological polar surface area (TPSA) is 46.3 Å². The van der Waals surface area contributed by atoms with Crippen LogP contribution in [0.5, 0.6) is 0 Å². The average Bonchev–Trinajstić information content (AvgIpc) is 2.43. The highest BCUT2D eigenvalue weighted by molar-refractivity contribution is 5.99. The minimum atomic E-state index is -0.329. The summed E-state index contributed by atoms with van der Waals surface area (Å²) < 4.78 is 0. The molecule has 0 aliphatic carbocycles. The molecule has 0 spiro atoms. The van der Waals surface area contributed by atoms with Gasteiger partial charge < -0.3 is 10.6 Å². The van der Waals surface area contributed by atoms with Gasteiger partial charge in [0.05, 0.1) is 6.04 Å². The van der Waals surface area contributed by atoms with Gasteiger partial charge in [-0.25, -0.2) is 0 Å². The maximum Gasteiger partial charge on any atom is 0.244 e. The first-order chi connectivity index (χ1) is 6.70. The maximum absolute atomic E-state index is 11.7. The Balaban J connectivity index is 2.31. The molecule has 0 radical (unpaired) electrons. The van der Waals surface area contributed by atoms with Crippen molar-refractivity contribution in [3.8, 4) is 0 Å². The number of nitrogens with two attached hydrogens (primary N) is 1. The van der Waals surface area contributed by atoms with Crippen molar-refractivity contribution in [2.24, 2.45) is 5.73 Å². The molecule has 0 aromatic heterocycles. The standard InChI is InChI=1S/C11H14N2O/c1-8-7-10(12)11(14)13(8)9-5-3-2-4-6-9/h2-6,8,10H,7,12H2,1H3. The van der Waals surface area contributed by atoms with Crippen LogP contribution >= 0.6 is 0 Å². The predicted molar refractivity (Wildman–Crippen MR) is 56.0 cm³/mol. The van der Waals surface area contributed by atoms with E-state index in [0.29, 0.717) is 0 Å². The Bertz CT molecular complexity index is 336. The first kappa shape index (κ1) is 9.21. The van der Waals surface area contributed by atoms with Crippen LogP contribution in [0.25, 0.3) is 0 Å². The lowest BCUT2D eigenvalue weighted by molar-refractivity contribution is -0.118. The summed E-state index contributed by atoms with van der Waals surface area (Å²) in [4.78, 5) is 13.5. The summed E-state index contributed by atoms with van der Waals surface area (Å²) >= 11 is 0. The van der Waals surface area contributed by atoms with E-state index in [1.807, 2.05) is 37.3 Å². The van der Waals surface area contributed by atoms with Crippen molar-refractivity contribution >= 4 is 11.6 Å². The molecule has 1 aromatic rings. The molecular formula is C11H14N2O. The number of amides is 1. The molecule has 3 heteroatoms. The van der Waals surface area contributed by atoms with Gasteiger partial charge in [0.2, 0.25) is 5.91 Å². The number of anilines is 1. The molecule has 0 bridgehead atoms. The van der Waals surface area contributed by atoms with E-state index in [9.17, 15) is 4.79 Å². The highest BCUT2D eigenvalue weighted by Crippen LogP contribution is 2.25. The van der Waals surface area contributed by atoms with Gasteiger partial charge in [-0.3, -0.25) is 4.79 Å². The van der Waals surface area contributed by atoms with Gasteiger partial charge in [-0.1, -0.05) is 18.2 Å². The SMILES string of the molecule is CC1CC(N)C(=O)N1c1ccccc1. The number of para-hydroxylation sites is 1. The van der Waals surface area contributed by atoms with Crippen LogP contribution in [0.3, 0.4) is 0 Å². The molecule has 1 heterocycles. The van der Waals surface area contributed by atoms with Crippen molar-refractivity contribution in [2.75, 3.05) is 4.90 Å². The molecule has 1 saturated heterocycles. The van der Waals surface area contributed by atoms with Gasteiger partial charge >= 0.3 is 0 Å². The molecule has 74 valence electrons. The van der Waals surface area contributed by atoms with E-state index < -0.39 is 0 Å². The summed E-state index contributed by atoms with van der Waals surface area (Å²) in [5.41, 5.74) is 6.65. The molecule has 1 aliphatic heterocycles. The van der Waals surface area contributed by atoms with Crippen molar-refractivity contribution < 1.29 is 4.79 Å². The summed E-state index contributed by atoms with van der Waals surface area (Å²) in [5.74, 6) is 0.0312. The molecule has 1 aromatic carbocycles. The quantitative estimate of drug-likeness (QED) is 0.721. The highest BCUT2D eigenvalue weighted by atomic mass is 16.2. The van der Waals surface area contributed by atoms with E-state index in [0.717, 1.165) is 12.1 Å². The zero-order valence-corrected chi connectivity index (χ0v) is 8.18. The van der Waals surface area contributed by atoms with Crippen molar-refractivity contribution in [2.45, 2.75) is 25.4 Å². The molecule has 2 unspecified atom stereocenters. The van der Waals surface area contributed by atoms with Gasteiger partial charge in [0.1, 0.15) is 0 Å². The Morgan fingerprint density at radius 2 is 2.00 bits per heavy atom. The lowest BCUT2D eigenvalue weighted by atomic mass is 10.2. The third-order valence-corrected chi connectivity index (χ3v) is 2.62. The van der Waals surface area contributed by atoms with Crippen molar-refractivity contribution in [3.63, 3.8) is 0 Å². The highest BCUT2D eigenvalue weighted by Gasteiger charge is 2.35. The lowest BCUT2D eigenvalue weighted by Crippen LogP contribution is -2.35. The second-order valence-electron chi connectivity index (χ2n) is 3.74. The summed E-state index contributed by atoms with van der Waals surface area (Å²) in [5, 5.41) is 0. The zero-order chi connectivity index (χ0) is 10.1. The van der Waals surface area contributed by atoms with Crippen LogP contribution in [0.15, 0.2) is 30.3 Å². The van der Waals surface area contributed by atoms with E-state index >= 15 is 0 Å². The van der Waals surface area contributed by atoms with Crippen molar-refractivity contribution in [1.29, 1.82) is 0 Å². The van der Waals surface area contributed by atoms with Crippen LogP contribution in [-0.4, -0.2) is 18.0 Å². The fraction of sp³-hybridized carbons (Fsp3) is 0.364. The van der Waals surface area contributed by atoms with Crippen LogP contribution in [0.1, 0.15) is 13.3 Å². The summed E-state index contributed by atoms with van der Waals surface area (Å²) in [6.45, 7) is 2.03. The molecule has 2 N–H and O–H groups in total. The molecule has 1 amide bonds. The molecule has 2 atom stereocenters. The third kappa shape index (κ3) is 1.40. The third-order valence-electron chi connectivity index (χ3n) is 2.62. The summed E-state index contributed by atoms with van der Waals surface area (Å²) in [6, 6.07) is 9.55. The average molecular weight is 190 g/mol. The van der Waals surface area contributed by atoms with Gasteiger partial charge in [0, 0.05) is 11.7 Å². The van der Waals surface area contributed by atoms with E-state index in [1.54, 1.807) is 4.90 Å². The molecule has 1 fully saturated rings. The fourth-order valence-corrected chi connectivity index (χ4v) is 1.94. The number of nitrogens with zero attached hydrogens (tertiary/aromatic N) is 1. The van der Waals surface area contributed by atoms with E-state index in [-0.39, 0.29) is 18.0 Å². The monoisotopic (exact) mass is 190 g/mol. The Labute approximate surface area is 83.5 Å². The van der Waals surface area contributed by atoms with Gasteiger partial charge in [-0.15, -0.1) is 0 Å². The summed E-state index contributed by atoms with van der Waals surface area (Å²) in [7, 11) is 0. The van der Waals surface area contributed by atoms with Gasteiger partial charge in [-0.2, -0.15) is 0 Å². The Hall–Kier alpha value is -1.35. The zero-order valence-electron chi connectivity index (χ0n) is 8.18. The van der Waals surface area contributed by atoms with Crippen molar-refractivity contribution in [1.82, 2.24) is 0 Å². The number of rotatable bonds is 1.